The highest BCUT2D eigenvalue weighted by molar-refractivity contribution is 8.10. The summed E-state index contributed by atoms with van der Waals surface area (Å²) in [6.07, 6.45) is 2.70. The molecule has 4 aliphatic rings. The maximum atomic E-state index is 15.4. The van der Waals surface area contributed by atoms with Crippen LogP contribution in [0.25, 0.3) is 10.5 Å². The first-order chi connectivity index (χ1) is 16.2. The topological polar surface area (TPSA) is 16.1 Å². The number of fused-ring (bicyclic) bond motifs is 6. The van der Waals surface area contributed by atoms with Gasteiger partial charge >= 0.3 is 17.8 Å². The Morgan fingerprint density at radius 3 is 2.14 bits per heavy atom. The van der Waals surface area contributed by atoms with E-state index in [0.29, 0.717) is 10.5 Å². The zero-order valence-corrected chi connectivity index (χ0v) is 19.4. The van der Waals surface area contributed by atoms with Crippen molar-refractivity contribution in [3.05, 3.63) is 82.3 Å². The third kappa shape index (κ3) is 2.28. The number of alkyl halides is 6. The monoisotopic (exact) mass is 510 g/mol. The Kier molecular flexibility index (Phi) is 4.10. The lowest BCUT2D eigenvalue weighted by Crippen LogP contribution is -2.59. The second-order valence-electron chi connectivity index (χ2n) is 9.42. The Bertz CT molecular complexity index is 1410. The van der Waals surface area contributed by atoms with E-state index in [9.17, 15) is 13.2 Å². The van der Waals surface area contributed by atoms with Gasteiger partial charge in [-0.1, -0.05) is 12.1 Å². The fraction of sp³-hybridized carbons (Fsp3) is 0.320. The maximum absolute atomic E-state index is 15.4. The molecule has 0 radical (unpaired) electrons. The molecule has 35 heavy (non-hydrogen) atoms. The maximum Gasteiger partial charge on any atom is 0.380 e. The van der Waals surface area contributed by atoms with Crippen molar-refractivity contribution in [3.63, 3.8) is 0 Å². The normalized spacial score (nSPS) is 31.3. The van der Waals surface area contributed by atoms with Crippen LogP contribution in [0, 0.1) is 5.82 Å². The number of hydrogen-bond donors (Lipinski definition) is 0. The molecule has 6 rings (SSSR count). The summed E-state index contributed by atoms with van der Waals surface area (Å²) in [7, 11) is 1.59. The second-order valence-corrected chi connectivity index (χ2v) is 10.9. The first-order valence-corrected chi connectivity index (χ1v) is 11.5. The van der Waals surface area contributed by atoms with Crippen molar-refractivity contribution >= 4 is 28.1 Å². The molecule has 10 heteroatoms. The van der Waals surface area contributed by atoms with E-state index in [1.807, 2.05) is 0 Å². The number of rotatable bonds is 1. The van der Waals surface area contributed by atoms with Gasteiger partial charge in [0.15, 0.2) is 0 Å². The summed E-state index contributed by atoms with van der Waals surface area (Å²) in [6, 6.07) is 8.13. The molecule has 0 N–H and O–H groups in total. The van der Waals surface area contributed by atoms with Crippen LogP contribution < -0.4 is 4.90 Å². The summed E-state index contributed by atoms with van der Waals surface area (Å²) in [5, 5.41) is 0. The standard InChI is InChI=1S/C25H17F7N2S/c1-21-17(14-5-4-10-33-20(14)34(21)3)19-18(23(27,28)25(31,32)24(19,29)30)15-11-16(35-22(15,21)2)12-6-8-13(26)9-7-12/h4-11H,1-3H3. The Morgan fingerprint density at radius 1 is 0.857 bits per heavy atom. The smallest absolute Gasteiger partial charge is 0.348 e. The lowest BCUT2D eigenvalue weighted by Gasteiger charge is -2.51. The molecule has 2 aromatic rings. The number of aromatic nitrogens is 1. The van der Waals surface area contributed by atoms with Crippen molar-refractivity contribution in [2.75, 3.05) is 11.9 Å². The third-order valence-corrected chi connectivity index (χ3v) is 9.48. The summed E-state index contributed by atoms with van der Waals surface area (Å²) in [4.78, 5) is 6.25. The second kappa shape index (κ2) is 6.32. The average molecular weight is 510 g/mol. The van der Waals surface area contributed by atoms with E-state index < -0.39 is 45.0 Å². The zero-order valence-electron chi connectivity index (χ0n) is 18.6. The van der Waals surface area contributed by atoms with E-state index >= 15 is 17.6 Å². The van der Waals surface area contributed by atoms with Crippen molar-refractivity contribution in [2.24, 2.45) is 0 Å². The van der Waals surface area contributed by atoms with Crippen LogP contribution in [0.5, 0.6) is 0 Å². The molecule has 0 spiro atoms. The molecular formula is C25H17F7N2S. The lowest BCUT2D eigenvalue weighted by molar-refractivity contribution is -0.257. The van der Waals surface area contributed by atoms with Gasteiger partial charge in [-0.15, -0.1) is 11.8 Å². The van der Waals surface area contributed by atoms with E-state index in [1.54, 1.807) is 25.8 Å². The van der Waals surface area contributed by atoms with E-state index in [0.717, 1.165) is 11.8 Å². The predicted molar refractivity (Wildman–Crippen MR) is 120 cm³/mol. The Labute approximate surface area is 200 Å². The molecule has 1 fully saturated rings. The number of benzene rings is 1. The van der Waals surface area contributed by atoms with E-state index in [1.165, 1.54) is 48.7 Å². The van der Waals surface area contributed by atoms with Crippen LogP contribution in [0.1, 0.15) is 25.0 Å². The van der Waals surface area contributed by atoms with Crippen LogP contribution in [-0.4, -0.2) is 40.1 Å². The summed E-state index contributed by atoms with van der Waals surface area (Å²) in [5.41, 5.74) is -4.08. The highest BCUT2D eigenvalue weighted by atomic mass is 32.2. The summed E-state index contributed by atoms with van der Waals surface area (Å²) >= 11 is 1.11. The molecule has 2 nitrogen and oxygen atoms in total. The summed E-state index contributed by atoms with van der Waals surface area (Å²) in [6.45, 7) is 3.18. The van der Waals surface area contributed by atoms with Crippen LogP contribution in [0.4, 0.5) is 36.6 Å². The lowest BCUT2D eigenvalue weighted by atomic mass is 9.66. The van der Waals surface area contributed by atoms with Crippen molar-refractivity contribution in [3.8, 4) is 0 Å². The van der Waals surface area contributed by atoms with Gasteiger partial charge < -0.3 is 4.90 Å². The van der Waals surface area contributed by atoms with Gasteiger partial charge in [0, 0.05) is 34.9 Å². The molecule has 0 bridgehead atoms. The predicted octanol–water partition coefficient (Wildman–Crippen LogP) is 6.96. The number of halogens is 7. The average Bonchev–Trinajstić information content (AvgIpc) is 3.30. The number of hydrogen-bond acceptors (Lipinski definition) is 3. The van der Waals surface area contributed by atoms with Crippen molar-refractivity contribution in [1.29, 1.82) is 0 Å². The third-order valence-electron chi connectivity index (χ3n) is 7.88. The van der Waals surface area contributed by atoms with Gasteiger partial charge in [0.25, 0.3) is 0 Å². The van der Waals surface area contributed by atoms with Crippen molar-refractivity contribution in [2.45, 2.75) is 41.9 Å². The van der Waals surface area contributed by atoms with Crippen LogP contribution >= 0.6 is 11.8 Å². The SMILES string of the molecule is CN1c2ncccc2C2=C3C(=C4C=C(c5ccc(F)cc5)SC4(C)C21C)C(F)(F)C(F)(F)C3(F)F. The van der Waals surface area contributed by atoms with Gasteiger partial charge in [-0.2, -0.15) is 26.3 Å². The van der Waals surface area contributed by atoms with Crippen molar-refractivity contribution in [1.82, 2.24) is 4.98 Å². The molecule has 1 aromatic carbocycles. The number of nitrogens with zero attached hydrogens (tertiary/aromatic N) is 2. The quantitative estimate of drug-likeness (QED) is 0.386. The number of thioether (sulfide) groups is 1. The molecule has 1 aromatic heterocycles. The zero-order chi connectivity index (χ0) is 25.3. The van der Waals surface area contributed by atoms with Gasteiger partial charge in [-0.3, -0.25) is 0 Å². The van der Waals surface area contributed by atoms with Gasteiger partial charge in [-0.25, -0.2) is 9.37 Å². The summed E-state index contributed by atoms with van der Waals surface area (Å²) < 4.78 is 103. The first kappa shape index (κ1) is 22.7. The largest absolute Gasteiger partial charge is 0.380 e. The molecule has 2 atom stereocenters. The van der Waals surface area contributed by atoms with Crippen molar-refractivity contribution < 1.29 is 30.7 Å². The highest BCUT2D eigenvalue weighted by Crippen LogP contribution is 2.74. The van der Waals surface area contributed by atoms with Gasteiger partial charge in [-0.05, 0) is 60.9 Å². The molecule has 0 amide bonds. The van der Waals surface area contributed by atoms with Gasteiger partial charge in [0.1, 0.15) is 11.6 Å². The number of pyridine rings is 1. The fourth-order valence-electron chi connectivity index (χ4n) is 5.85. The fourth-order valence-corrected chi connectivity index (χ4v) is 7.43. The Balaban J connectivity index is 1.75. The molecule has 2 aliphatic heterocycles. The minimum absolute atomic E-state index is 0.120. The Hall–Kier alpha value is -2.75. The van der Waals surface area contributed by atoms with Crippen LogP contribution in [0.2, 0.25) is 0 Å². The number of anilines is 1. The highest BCUT2D eigenvalue weighted by Gasteiger charge is 2.84. The van der Waals surface area contributed by atoms with Crippen LogP contribution in [0.15, 0.2) is 65.4 Å². The Morgan fingerprint density at radius 2 is 1.49 bits per heavy atom. The minimum Gasteiger partial charge on any atom is -0.348 e. The van der Waals surface area contributed by atoms with E-state index in [-0.39, 0.29) is 22.5 Å². The molecule has 2 unspecified atom stereocenters. The first-order valence-electron chi connectivity index (χ1n) is 10.7. The molecule has 182 valence electrons. The minimum atomic E-state index is -5.63. The molecule has 0 saturated heterocycles. The molecule has 3 heterocycles. The molecule has 1 saturated carbocycles. The van der Waals surface area contributed by atoms with Crippen LogP contribution in [0.3, 0.4) is 0 Å². The van der Waals surface area contributed by atoms with Crippen LogP contribution in [-0.2, 0) is 0 Å². The molecule has 2 aliphatic carbocycles. The number of likely N-dealkylation sites (N-methyl/N-ethyl adjacent to an activating group) is 1. The van der Waals surface area contributed by atoms with Gasteiger partial charge in [0.2, 0.25) is 0 Å². The number of allylic oxidation sites excluding steroid dienone is 3. The summed E-state index contributed by atoms with van der Waals surface area (Å²) in [5.74, 6) is -16.1. The van der Waals surface area contributed by atoms with Gasteiger partial charge in [0.05, 0.1) is 10.3 Å². The van der Waals surface area contributed by atoms with E-state index in [4.69, 9.17) is 0 Å². The molecular weight excluding hydrogens is 493 g/mol. The van der Waals surface area contributed by atoms with E-state index in [2.05, 4.69) is 4.98 Å².